The van der Waals surface area contributed by atoms with Crippen molar-refractivity contribution in [3.63, 3.8) is 0 Å². The number of carbonyl (C=O) groups excluding carboxylic acids is 3. The summed E-state index contributed by atoms with van der Waals surface area (Å²) < 4.78 is 1.36. The van der Waals surface area contributed by atoms with Crippen LogP contribution in [0, 0.1) is 0 Å². The van der Waals surface area contributed by atoms with Gasteiger partial charge in [0, 0.05) is 0 Å². The van der Waals surface area contributed by atoms with Gasteiger partial charge in [0.05, 0.1) is 11.1 Å². The van der Waals surface area contributed by atoms with E-state index in [0.717, 1.165) is 0 Å². The molecular weight excluding hydrogens is 326 g/mol. The summed E-state index contributed by atoms with van der Waals surface area (Å²) in [4.78, 5) is 49.6. The Morgan fingerprint density at radius 1 is 0.960 bits per heavy atom. The fraction of sp³-hybridized carbons (Fsp3) is 0. The Morgan fingerprint density at radius 3 is 2.32 bits per heavy atom. The van der Waals surface area contributed by atoms with Gasteiger partial charge in [-0.3, -0.25) is 9.59 Å². The van der Waals surface area contributed by atoms with Crippen LogP contribution in [0.25, 0.3) is 5.82 Å². The molecule has 2 aromatic heterocycles. The van der Waals surface area contributed by atoms with Crippen molar-refractivity contribution >= 4 is 17.8 Å². The average Bonchev–Trinajstić information content (AvgIpc) is 3.26. The zero-order valence-corrected chi connectivity index (χ0v) is 12.6. The first-order valence-electron chi connectivity index (χ1n) is 7.17. The van der Waals surface area contributed by atoms with Crippen molar-refractivity contribution in [2.24, 2.45) is 0 Å². The number of amides is 2. The van der Waals surface area contributed by atoms with Gasteiger partial charge in [-0.1, -0.05) is 23.3 Å². The highest BCUT2D eigenvalue weighted by Gasteiger charge is 2.39. The quantitative estimate of drug-likeness (QED) is 0.658. The number of hydroxylamine groups is 2. The van der Waals surface area contributed by atoms with Gasteiger partial charge in [0.1, 0.15) is 12.7 Å². The van der Waals surface area contributed by atoms with Crippen molar-refractivity contribution in [2.45, 2.75) is 0 Å². The number of carbonyl (C=O) groups is 3. The summed E-state index contributed by atoms with van der Waals surface area (Å²) in [6.45, 7) is 0. The molecule has 0 saturated heterocycles. The molecule has 9 heteroatoms. The van der Waals surface area contributed by atoms with Crippen LogP contribution in [0.15, 0.2) is 55.1 Å². The van der Waals surface area contributed by atoms with E-state index < -0.39 is 17.8 Å². The lowest BCUT2D eigenvalue weighted by Gasteiger charge is -2.12. The summed E-state index contributed by atoms with van der Waals surface area (Å²) in [5.74, 6) is -1.98. The van der Waals surface area contributed by atoms with Gasteiger partial charge in [0.2, 0.25) is 0 Å². The summed E-state index contributed by atoms with van der Waals surface area (Å²) in [5.41, 5.74) is 0.291. The molecule has 0 unspecified atom stereocenters. The normalized spacial score (nSPS) is 13.0. The van der Waals surface area contributed by atoms with Crippen molar-refractivity contribution in [1.82, 2.24) is 24.8 Å². The lowest BCUT2D eigenvalue weighted by Crippen LogP contribution is -2.33. The van der Waals surface area contributed by atoms with Crippen molar-refractivity contribution in [2.75, 3.05) is 0 Å². The van der Waals surface area contributed by atoms with E-state index in [1.807, 2.05) is 0 Å². The van der Waals surface area contributed by atoms with Gasteiger partial charge < -0.3 is 4.84 Å². The van der Waals surface area contributed by atoms with Gasteiger partial charge in [-0.25, -0.2) is 19.4 Å². The first-order chi connectivity index (χ1) is 12.1. The van der Waals surface area contributed by atoms with Crippen LogP contribution in [0.1, 0.15) is 31.2 Å². The van der Waals surface area contributed by atoms with Gasteiger partial charge in [-0.2, -0.15) is 5.10 Å². The minimum absolute atomic E-state index is 0.0791. The molecule has 0 bridgehead atoms. The molecular formula is C16H9N5O4. The van der Waals surface area contributed by atoms with E-state index in [2.05, 4.69) is 15.1 Å². The third-order valence-electron chi connectivity index (χ3n) is 3.53. The molecule has 3 aromatic rings. The first kappa shape index (κ1) is 14.7. The van der Waals surface area contributed by atoms with E-state index >= 15 is 0 Å². The highest BCUT2D eigenvalue weighted by molar-refractivity contribution is 6.21. The Kier molecular flexibility index (Phi) is 3.31. The number of aromatic nitrogens is 4. The van der Waals surface area contributed by atoms with E-state index in [4.69, 9.17) is 4.84 Å². The number of imide groups is 1. The number of nitrogens with zero attached hydrogens (tertiary/aromatic N) is 5. The van der Waals surface area contributed by atoms with Crippen LogP contribution in [0.3, 0.4) is 0 Å². The molecule has 0 N–H and O–H groups in total. The maximum atomic E-state index is 12.3. The van der Waals surface area contributed by atoms with E-state index in [9.17, 15) is 14.4 Å². The van der Waals surface area contributed by atoms with Gasteiger partial charge in [-0.15, -0.1) is 0 Å². The second-order valence-corrected chi connectivity index (χ2v) is 5.05. The predicted octanol–water partition coefficient (Wildman–Crippen LogP) is 1.03. The molecule has 25 heavy (non-hydrogen) atoms. The van der Waals surface area contributed by atoms with Crippen LogP contribution < -0.4 is 0 Å². The average molecular weight is 335 g/mol. The molecule has 1 aromatic carbocycles. The molecule has 122 valence electrons. The van der Waals surface area contributed by atoms with Crippen molar-refractivity contribution in [3.8, 4) is 5.82 Å². The van der Waals surface area contributed by atoms with E-state index in [-0.39, 0.29) is 16.8 Å². The molecule has 1 aliphatic heterocycles. The van der Waals surface area contributed by atoms with Crippen molar-refractivity contribution in [3.05, 3.63) is 71.9 Å². The molecule has 0 aliphatic carbocycles. The second kappa shape index (κ2) is 5.64. The number of fused-ring (bicyclic) bond motifs is 1. The Labute approximate surface area is 140 Å². The number of benzene rings is 1. The zero-order chi connectivity index (χ0) is 17.4. The fourth-order valence-electron chi connectivity index (χ4n) is 2.37. The minimum atomic E-state index is -0.934. The van der Waals surface area contributed by atoms with Crippen molar-refractivity contribution < 1.29 is 19.2 Å². The Morgan fingerprint density at radius 2 is 1.68 bits per heavy atom. The Balaban J connectivity index is 1.58. The van der Waals surface area contributed by atoms with Crippen LogP contribution in [-0.2, 0) is 4.84 Å². The van der Waals surface area contributed by atoms with Crippen LogP contribution >= 0.6 is 0 Å². The zero-order valence-electron chi connectivity index (χ0n) is 12.6. The SMILES string of the molecule is O=C(ON1C(=O)c2ccccc2C1=O)c1cccc(-n2cncn2)n1. The highest BCUT2D eigenvalue weighted by Crippen LogP contribution is 2.23. The summed E-state index contributed by atoms with van der Waals surface area (Å²) in [6.07, 6.45) is 2.74. The number of pyridine rings is 1. The molecule has 3 heterocycles. The Bertz CT molecular complexity index is 964. The van der Waals surface area contributed by atoms with Crippen LogP contribution in [-0.4, -0.2) is 42.6 Å². The first-order valence-corrected chi connectivity index (χ1v) is 7.17. The van der Waals surface area contributed by atoms with Gasteiger partial charge >= 0.3 is 5.97 Å². The molecule has 1 aliphatic rings. The lowest BCUT2D eigenvalue weighted by molar-refractivity contribution is -0.0588. The maximum absolute atomic E-state index is 12.3. The molecule has 0 atom stereocenters. The molecule has 0 spiro atoms. The van der Waals surface area contributed by atoms with Gasteiger partial charge in [-0.05, 0) is 24.3 Å². The number of hydrogen-bond donors (Lipinski definition) is 0. The van der Waals surface area contributed by atoms with Gasteiger partial charge in [0.25, 0.3) is 11.8 Å². The lowest BCUT2D eigenvalue weighted by atomic mass is 10.1. The van der Waals surface area contributed by atoms with E-state index in [1.54, 1.807) is 24.3 Å². The minimum Gasteiger partial charge on any atom is -0.323 e. The summed E-state index contributed by atoms with van der Waals surface area (Å²) in [6, 6.07) is 10.8. The standard InChI is InChI=1S/C16H9N5O4/c22-14-10-4-1-2-5-11(10)15(23)21(14)25-16(24)12-6-3-7-13(19-12)20-9-17-8-18-20/h1-9H. The molecule has 2 amide bonds. The highest BCUT2D eigenvalue weighted by atomic mass is 16.7. The Hall–Kier alpha value is -3.88. The smallest absolute Gasteiger partial charge is 0.323 e. The molecule has 0 radical (unpaired) electrons. The molecule has 9 nitrogen and oxygen atoms in total. The summed E-state index contributed by atoms with van der Waals surface area (Å²) in [7, 11) is 0. The monoisotopic (exact) mass is 335 g/mol. The van der Waals surface area contributed by atoms with Crippen LogP contribution in [0.5, 0.6) is 0 Å². The second-order valence-electron chi connectivity index (χ2n) is 5.05. The largest absolute Gasteiger partial charge is 0.382 e. The van der Waals surface area contributed by atoms with Crippen LogP contribution in [0.2, 0.25) is 0 Å². The number of rotatable bonds is 3. The maximum Gasteiger partial charge on any atom is 0.382 e. The van der Waals surface area contributed by atoms with E-state index in [1.165, 1.54) is 35.5 Å². The topological polar surface area (TPSA) is 107 Å². The fourth-order valence-corrected chi connectivity index (χ4v) is 2.37. The molecule has 0 fully saturated rings. The molecule has 0 saturated carbocycles. The van der Waals surface area contributed by atoms with Gasteiger partial charge in [0.15, 0.2) is 11.5 Å². The predicted molar refractivity (Wildman–Crippen MR) is 81.5 cm³/mol. The van der Waals surface area contributed by atoms with E-state index in [0.29, 0.717) is 10.9 Å². The molecule has 4 rings (SSSR count). The summed E-state index contributed by atoms with van der Waals surface area (Å²) >= 11 is 0. The van der Waals surface area contributed by atoms with Crippen molar-refractivity contribution in [1.29, 1.82) is 0 Å². The summed E-state index contributed by atoms with van der Waals surface area (Å²) in [5, 5.41) is 4.35. The number of hydrogen-bond acceptors (Lipinski definition) is 7. The third-order valence-corrected chi connectivity index (χ3v) is 3.53. The third kappa shape index (κ3) is 2.43. The van der Waals surface area contributed by atoms with Crippen LogP contribution in [0.4, 0.5) is 0 Å².